The number of alkyl halides is 3. The number of likely N-dealkylation sites (N-methyl/N-ethyl adjacent to an activating group) is 1. The third-order valence-electron chi connectivity index (χ3n) is 8.17. The lowest BCUT2D eigenvalue weighted by molar-refractivity contribution is -0.141. The summed E-state index contributed by atoms with van der Waals surface area (Å²) in [4.78, 5) is 53.4. The highest BCUT2D eigenvalue weighted by atomic mass is 19.4. The molecule has 2 atom stereocenters. The van der Waals surface area contributed by atoms with E-state index in [2.05, 4.69) is 35.8 Å². The molecule has 16 heteroatoms. The molecule has 0 spiro atoms. The highest BCUT2D eigenvalue weighted by Crippen LogP contribution is 2.46. The fourth-order valence-electron chi connectivity index (χ4n) is 5.48. The van der Waals surface area contributed by atoms with E-state index in [1.165, 1.54) is 11.9 Å². The molecule has 0 aromatic carbocycles. The summed E-state index contributed by atoms with van der Waals surface area (Å²) in [6.45, 7) is 1.55. The summed E-state index contributed by atoms with van der Waals surface area (Å²) in [5.41, 5.74) is 1.34. The molecule has 0 radical (unpaired) electrons. The molecule has 2 N–H and O–H groups in total. The van der Waals surface area contributed by atoms with Crippen molar-refractivity contribution in [3.63, 3.8) is 0 Å². The number of aryl methyl sites for hydroxylation is 1. The summed E-state index contributed by atoms with van der Waals surface area (Å²) in [6, 6.07) is 4.21. The lowest BCUT2D eigenvalue weighted by Gasteiger charge is -2.17. The van der Waals surface area contributed by atoms with E-state index in [1.807, 2.05) is 19.2 Å². The third kappa shape index (κ3) is 5.51. The number of aromatic nitrogens is 6. The van der Waals surface area contributed by atoms with E-state index >= 15 is 0 Å². The SMILES string of the molecule is Cc1ccnc([C@H]2C[C@@H]2C(=O)Nc2cc(NCc3cn4cc(C5CC5)cc(N5CC(=O)N(C)C5=O)c4n3)c(C(F)(F)F)nn2)n1. The van der Waals surface area contributed by atoms with Gasteiger partial charge >= 0.3 is 12.2 Å². The van der Waals surface area contributed by atoms with Crippen LogP contribution in [0.3, 0.4) is 0 Å². The predicted octanol–water partition coefficient (Wildman–Crippen LogP) is 3.87. The number of halogens is 3. The molecule has 4 amide bonds. The van der Waals surface area contributed by atoms with Crippen molar-refractivity contribution in [2.75, 3.05) is 29.1 Å². The minimum atomic E-state index is -4.82. The largest absolute Gasteiger partial charge is 0.437 e. The van der Waals surface area contributed by atoms with Crippen molar-refractivity contribution in [1.82, 2.24) is 34.4 Å². The van der Waals surface area contributed by atoms with Gasteiger partial charge in [0.15, 0.2) is 17.2 Å². The third-order valence-corrected chi connectivity index (χ3v) is 8.17. The number of anilines is 3. The number of carbonyl (C=O) groups excluding carboxylic acids is 3. The maximum atomic E-state index is 13.9. The van der Waals surface area contributed by atoms with Gasteiger partial charge in [-0.15, -0.1) is 10.2 Å². The van der Waals surface area contributed by atoms with Crippen LogP contribution in [-0.2, 0) is 22.3 Å². The van der Waals surface area contributed by atoms with E-state index < -0.39 is 29.7 Å². The van der Waals surface area contributed by atoms with Gasteiger partial charge in [-0.25, -0.2) is 19.7 Å². The number of fused-ring (bicyclic) bond motifs is 1. The molecule has 7 rings (SSSR count). The summed E-state index contributed by atoms with van der Waals surface area (Å²) >= 11 is 0. The highest BCUT2D eigenvalue weighted by Gasteiger charge is 2.46. The fraction of sp³-hybridized carbons (Fsp3) is 0.379. The zero-order valence-electron chi connectivity index (χ0n) is 24.2. The molecule has 4 aromatic rings. The molecule has 5 heterocycles. The molecule has 45 heavy (non-hydrogen) atoms. The first-order valence-electron chi connectivity index (χ1n) is 14.3. The smallest absolute Gasteiger partial charge is 0.377 e. The van der Waals surface area contributed by atoms with Gasteiger partial charge < -0.3 is 15.0 Å². The quantitative estimate of drug-likeness (QED) is 0.280. The number of hydrogen-bond acceptors (Lipinski definition) is 9. The van der Waals surface area contributed by atoms with Crippen molar-refractivity contribution in [3.05, 3.63) is 65.3 Å². The normalized spacial score (nSPS) is 19.8. The number of rotatable bonds is 8. The monoisotopic (exact) mass is 620 g/mol. The van der Waals surface area contributed by atoms with E-state index in [-0.39, 0.29) is 36.4 Å². The van der Waals surface area contributed by atoms with Crippen LogP contribution < -0.4 is 15.5 Å². The Bertz CT molecular complexity index is 1870. The van der Waals surface area contributed by atoms with Crippen LogP contribution in [0.4, 0.5) is 35.2 Å². The Morgan fingerprint density at radius 1 is 1.11 bits per heavy atom. The fourth-order valence-corrected chi connectivity index (χ4v) is 5.48. The Labute approximate surface area is 253 Å². The van der Waals surface area contributed by atoms with Crippen molar-refractivity contribution in [1.29, 1.82) is 0 Å². The van der Waals surface area contributed by atoms with Gasteiger partial charge in [0.1, 0.15) is 12.4 Å². The van der Waals surface area contributed by atoms with Crippen LogP contribution in [-0.4, -0.2) is 65.9 Å². The Balaban J connectivity index is 1.12. The van der Waals surface area contributed by atoms with Gasteiger partial charge in [0.25, 0.3) is 0 Å². The molecule has 1 saturated heterocycles. The summed E-state index contributed by atoms with van der Waals surface area (Å²) in [6.07, 6.45) is 2.85. The van der Waals surface area contributed by atoms with Crippen molar-refractivity contribution >= 4 is 40.7 Å². The zero-order valence-corrected chi connectivity index (χ0v) is 24.2. The molecule has 1 aliphatic heterocycles. The number of nitrogens with zero attached hydrogens (tertiary/aromatic N) is 8. The second-order valence-electron chi connectivity index (χ2n) is 11.6. The standard InChI is InChI=1S/C29H27F3N10O3/c1-14-5-6-33-25(35-14)18-8-19(18)27(44)37-22-9-20(24(39-38-22)29(30,31)32)34-10-17-12-41-11-16(15-3-4-15)7-21(26(41)36-17)42-13-23(43)40(2)28(42)45/h5-7,9,11-12,15,18-19H,3-4,8,10,13H2,1-2H3,(H2,34,37,38,44)/t18-,19-/m0/s1. The number of imide groups is 1. The first-order valence-corrected chi connectivity index (χ1v) is 14.3. The second-order valence-corrected chi connectivity index (χ2v) is 11.6. The Morgan fingerprint density at radius 2 is 1.91 bits per heavy atom. The lowest BCUT2D eigenvalue weighted by Crippen LogP contribution is -2.30. The van der Waals surface area contributed by atoms with Crippen molar-refractivity contribution in [3.8, 4) is 0 Å². The lowest BCUT2D eigenvalue weighted by atomic mass is 10.1. The van der Waals surface area contributed by atoms with Gasteiger partial charge in [-0.05, 0) is 49.8 Å². The number of urea groups is 1. The first kappa shape index (κ1) is 28.6. The van der Waals surface area contributed by atoms with Crippen LogP contribution in [0.2, 0.25) is 0 Å². The molecule has 4 aromatic heterocycles. The molecule has 13 nitrogen and oxygen atoms in total. The summed E-state index contributed by atoms with van der Waals surface area (Å²) in [5, 5.41) is 12.3. The van der Waals surface area contributed by atoms with Gasteiger partial charge in [-0.3, -0.25) is 19.4 Å². The van der Waals surface area contributed by atoms with Crippen LogP contribution in [0.25, 0.3) is 5.65 Å². The number of imidazole rings is 1. The Kier molecular flexibility index (Phi) is 6.67. The van der Waals surface area contributed by atoms with Crippen LogP contribution in [0.1, 0.15) is 59.6 Å². The molecular weight excluding hydrogens is 593 g/mol. The first-order chi connectivity index (χ1) is 21.5. The van der Waals surface area contributed by atoms with Gasteiger partial charge in [0.2, 0.25) is 11.8 Å². The van der Waals surface area contributed by atoms with Gasteiger partial charge in [-0.2, -0.15) is 13.2 Å². The van der Waals surface area contributed by atoms with E-state index in [4.69, 9.17) is 0 Å². The van der Waals surface area contributed by atoms with Crippen molar-refractivity contribution in [2.24, 2.45) is 5.92 Å². The van der Waals surface area contributed by atoms with Gasteiger partial charge in [0, 0.05) is 49.2 Å². The van der Waals surface area contributed by atoms with Crippen LogP contribution in [0, 0.1) is 12.8 Å². The van der Waals surface area contributed by atoms with Crippen molar-refractivity contribution < 1.29 is 27.6 Å². The Hall–Kier alpha value is -5.15. The maximum Gasteiger partial charge on any atom is 0.437 e. The summed E-state index contributed by atoms with van der Waals surface area (Å²) in [7, 11) is 1.41. The molecule has 2 saturated carbocycles. The second kappa shape index (κ2) is 10.5. The summed E-state index contributed by atoms with van der Waals surface area (Å²) < 4.78 is 43.3. The molecule has 0 unspecified atom stereocenters. The molecule has 0 bridgehead atoms. The predicted molar refractivity (Wildman–Crippen MR) is 153 cm³/mol. The molecular formula is C29H27F3N10O3. The van der Waals surface area contributed by atoms with Crippen LogP contribution >= 0.6 is 0 Å². The summed E-state index contributed by atoms with van der Waals surface area (Å²) in [5.74, 6) is -0.647. The number of pyridine rings is 1. The molecule has 3 fully saturated rings. The highest BCUT2D eigenvalue weighted by molar-refractivity contribution is 6.13. The molecule has 232 valence electrons. The number of carbonyl (C=O) groups is 3. The minimum Gasteiger partial charge on any atom is -0.377 e. The number of nitrogens with one attached hydrogen (secondary N) is 2. The Morgan fingerprint density at radius 3 is 2.60 bits per heavy atom. The van der Waals surface area contributed by atoms with E-state index in [9.17, 15) is 27.6 Å². The molecule has 2 aliphatic carbocycles. The average Bonchev–Trinajstić information content (AvgIpc) is 3.92. The molecule has 3 aliphatic rings. The zero-order chi connectivity index (χ0) is 31.6. The van der Waals surface area contributed by atoms with E-state index in [1.54, 1.807) is 22.9 Å². The average molecular weight is 621 g/mol. The van der Waals surface area contributed by atoms with Crippen molar-refractivity contribution in [2.45, 2.75) is 50.7 Å². The van der Waals surface area contributed by atoms with Crippen LogP contribution in [0.15, 0.2) is 36.8 Å². The maximum absolute atomic E-state index is 13.9. The topological polar surface area (TPSA) is 151 Å². The van der Waals surface area contributed by atoms with E-state index in [0.29, 0.717) is 35.2 Å². The minimum absolute atomic E-state index is 0.134. The van der Waals surface area contributed by atoms with Crippen LogP contribution in [0.5, 0.6) is 0 Å². The van der Waals surface area contributed by atoms with Gasteiger partial charge in [0.05, 0.1) is 23.6 Å². The number of amides is 4. The van der Waals surface area contributed by atoms with E-state index in [0.717, 1.165) is 35.1 Å². The van der Waals surface area contributed by atoms with Gasteiger partial charge in [-0.1, -0.05) is 0 Å². The number of hydrogen-bond donors (Lipinski definition) is 2.